The molecule has 0 aliphatic heterocycles. The molecule has 1 aliphatic carbocycles. The lowest BCUT2D eigenvalue weighted by Gasteiger charge is -2.16. The summed E-state index contributed by atoms with van der Waals surface area (Å²) in [7, 11) is 0. The van der Waals surface area contributed by atoms with Crippen LogP contribution in [0.15, 0.2) is 0 Å². The molecule has 0 aromatic heterocycles. The highest BCUT2D eigenvalue weighted by Crippen LogP contribution is 2.18. The summed E-state index contributed by atoms with van der Waals surface area (Å²) in [5.74, 6) is 0.103. The van der Waals surface area contributed by atoms with Gasteiger partial charge in [-0.1, -0.05) is 0 Å². The summed E-state index contributed by atoms with van der Waals surface area (Å²) in [5.41, 5.74) is 5.63. The molecule has 0 bridgehead atoms. The molecule has 1 aliphatic rings. The van der Waals surface area contributed by atoms with Crippen molar-refractivity contribution in [2.24, 2.45) is 5.73 Å². The van der Waals surface area contributed by atoms with E-state index in [9.17, 15) is 4.79 Å². The van der Waals surface area contributed by atoms with Crippen LogP contribution in [0.1, 0.15) is 38.5 Å². The Kier molecular flexibility index (Phi) is 7.16. The van der Waals surface area contributed by atoms with E-state index in [1.807, 2.05) is 0 Å². The van der Waals surface area contributed by atoms with Crippen molar-refractivity contribution in [3.8, 4) is 0 Å². The van der Waals surface area contributed by atoms with Gasteiger partial charge in [0, 0.05) is 31.7 Å². The van der Waals surface area contributed by atoms with E-state index in [0.29, 0.717) is 19.0 Å². The van der Waals surface area contributed by atoms with Crippen LogP contribution in [0.3, 0.4) is 0 Å². The highest BCUT2D eigenvalue weighted by molar-refractivity contribution is 5.77. The molecule has 0 aromatic carbocycles. The van der Waals surface area contributed by atoms with Crippen molar-refractivity contribution >= 4 is 5.91 Å². The van der Waals surface area contributed by atoms with Crippen LogP contribution >= 0.6 is 0 Å². The molecule has 1 amide bonds. The molecule has 1 unspecified atom stereocenters. The summed E-state index contributed by atoms with van der Waals surface area (Å²) in [5, 5.41) is 14.9. The van der Waals surface area contributed by atoms with Crippen molar-refractivity contribution in [3.05, 3.63) is 0 Å². The van der Waals surface area contributed by atoms with E-state index in [2.05, 4.69) is 10.6 Å². The zero-order chi connectivity index (χ0) is 12.5. The van der Waals surface area contributed by atoms with Gasteiger partial charge in [0.2, 0.25) is 5.91 Å². The van der Waals surface area contributed by atoms with Crippen LogP contribution in [0.2, 0.25) is 0 Å². The number of carbonyl (C=O) groups is 1. The molecule has 5 N–H and O–H groups in total. The molecular weight excluding hydrogens is 218 g/mol. The zero-order valence-corrected chi connectivity index (χ0v) is 10.5. The molecule has 0 spiro atoms. The van der Waals surface area contributed by atoms with Crippen LogP contribution in [0.25, 0.3) is 0 Å². The Morgan fingerprint density at radius 3 is 2.71 bits per heavy atom. The van der Waals surface area contributed by atoms with E-state index >= 15 is 0 Å². The number of rotatable bonds is 10. The third-order valence-electron chi connectivity index (χ3n) is 2.93. The maximum atomic E-state index is 11.6. The number of unbranched alkanes of at least 4 members (excludes halogenated alkanes) is 2. The lowest BCUT2D eigenvalue weighted by atomic mass is 10.1. The Hall–Kier alpha value is -0.650. The number of hydrogen-bond donors (Lipinski definition) is 4. The van der Waals surface area contributed by atoms with Gasteiger partial charge in [-0.25, -0.2) is 0 Å². The van der Waals surface area contributed by atoms with Crippen molar-refractivity contribution < 1.29 is 9.90 Å². The number of amides is 1. The van der Waals surface area contributed by atoms with Crippen molar-refractivity contribution in [1.29, 1.82) is 0 Å². The Morgan fingerprint density at radius 1 is 1.35 bits per heavy atom. The van der Waals surface area contributed by atoms with Gasteiger partial charge < -0.3 is 21.5 Å². The molecule has 1 saturated carbocycles. The third kappa shape index (κ3) is 7.31. The van der Waals surface area contributed by atoms with E-state index < -0.39 is 0 Å². The maximum absolute atomic E-state index is 11.6. The molecule has 100 valence electrons. The lowest BCUT2D eigenvalue weighted by molar-refractivity contribution is -0.121. The average Bonchev–Trinajstić information content (AvgIpc) is 3.11. The minimum absolute atomic E-state index is 0.0721. The zero-order valence-electron chi connectivity index (χ0n) is 10.5. The van der Waals surface area contributed by atoms with Gasteiger partial charge in [-0.3, -0.25) is 4.79 Å². The second-order valence-electron chi connectivity index (χ2n) is 4.72. The first-order valence-electron chi connectivity index (χ1n) is 6.60. The van der Waals surface area contributed by atoms with Crippen LogP contribution in [-0.2, 0) is 4.79 Å². The summed E-state index contributed by atoms with van der Waals surface area (Å²) in [6.45, 7) is 1.60. The largest absolute Gasteiger partial charge is 0.396 e. The van der Waals surface area contributed by atoms with Crippen molar-refractivity contribution in [2.75, 3.05) is 19.7 Å². The smallest absolute Gasteiger partial charge is 0.221 e. The monoisotopic (exact) mass is 243 g/mol. The van der Waals surface area contributed by atoms with Gasteiger partial charge in [0.25, 0.3) is 0 Å². The summed E-state index contributed by atoms with van der Waals surface area (Å²) in [6.07, 6.45) is 5.57. The number of nitrogens with one attached hydrogen (secondary N) is 2. The number of hydrogen-bond acceptors (Lipinski definition) is 4. The summed E-state index contributed by atoms with van der Waals surface area (Å²) < 4.78 is 0. The van der Waals surface area contributed by atoms with Gasteiger partial charge in [-0.2, -0.15) is 0 Å². The van der Waals surface area contributed by atoms with Crippen LogP contribution in [0.4, 0.5) is 0 Å². The van der Waals surface area contributed by atoms with Crippen molar-refractivity contribution in [2.45, 2.75) is 50.6 Å². The van der Waals surface area contributed by atoms with Gasteiger partial charge in [-0.15, -0.1) is 0 Å². The Morgan fingerprint density at radius 2 is 2.12 bits per heavy atom. The van der Waals surface area contributed by atoms with Crippen LogP contribution in [0.5, 0.6) is 0 Å². The van der Waals surface area contributed by atoms with E-state index in [4.69, 9.17) is 10.8 Å². The molecule has 1 rings (SSSR count). The fraction of sp³-hybridized carbons (Fsp3) is 0.917. The fourth-order valence-corrected chi connectivity index (χ4v) is 1.70. The van der Waals surface area contributed by atoms with Gasteiger partial charge in [0.1, 0.15) is 0 Å². The molecule has 0 saturated heterocycles. The van der Waals surface area contributed by atoms with Crippen molar-refractivity contribution in [3.63, 3.8) is 0 Å². The quantitative estimate of drug-likeness (QED) is 0.398. The Bertz CT molecular complexity index is 220. The maximum Gasteiger partial charge on any atom is 0.221 e. The normalized spacial score (nSPS) is 16.8. The highest BCUT2D eigenvalue weighted by Gasteiger charge is 2.24. The molecule has 0 heterocycles. The number of aliphatic hydroxyl groups is 1. The number of nitrogens with two attached hydrogens (primary N) is 1. The first kappa shape index (κ1) is 14.4. The number of aliphatic hydroxyl groups excluding tert-OH is 1. The van der Waals surface area contributed by atoms with Gasteiger partial charge in [-0.05, 0) is 38.6 Å². The minimum Gasteiger partial charge on any atom is -0.396 e. The van der Waals surface area contributed by atoms with E-state index in [-0.39, 0.29) is 18.6 Å². The van der Waals surface area contributed by atoms with Crippen molar-refractivity contribution in [1.82, 2.24) is 10.6 Å². The molecule has 0 radical (unpaired) electrons. The van der Waals surface area contributed by atoms with Crippen LogP contribution in [0, 0.1) is 0 Å². The predicted molar refractivity (Wildman–Crippen MR) is 67.6 cm³/mol. The van der Waals surface area contributed by atoms with Gasteiger partial charge in [0.05, 0.1) is 0 Å². The molecule has 1 atom stereocenters. The van der Waals surface area contributed by atoms with E-state index in [1.165, 1.54) is 0 Å². The molecule has 17 heavy (non-hydrogen) atoms. The lowest BCUT2D eigenvalue weighted by Crippen LogP contribution is -2.41. The number of carbonyl (C=O) groups excluding carboxylic acids is 1. The standard InChI is InChI=1S/C12H25N3O2/c13-9-11(14-6-2-1-3-7-16)8-12(17)15-10-4-5-10/h10-11,14,16H,1-9,13H2,(H,15,17). The first-order chi connectivity index (χ1) is 8.26. The van der Waals surface area contributed by atoms with Crippen LogP contribution in [-0.4, -0.2) is 42.8 Å². The Labute approximate surface area is 103 Å². The molecule has 5 heteroatoms. The van der Waals surface area contributed by atoms with Crippen LogP contribution < -0.4 is 16.4 Å². The predicted octanol–water partition coefficient (Wildman–Crippen LogP) is -0.265. The minimum atomic E-state index is 0.0721. The first-order valence-corrected chi connectivity index (χ1v) is 6.60. The molecule has 1 fully saturated rings. The SMILES string of the molecule is NCC(CC(=O)NC1CC1)NCCCCCO. The summed E-state index contributed by atoms with van der Waals surface area (Å²) >= 11 is 0. The summed E-state index contributed by atoms with van der Waals surface area (Å²) in [4.78, 5) is 11.6. The topological polar surface area (TPSA) is 87.4 Å². The molecule has 0 aromatic rings. The fourth-order valence-electron chi connectivity index (χ4n) is 1.70. The second-order valence-corrected chi connectivity index (χ2v) is 4.72. The highest BCUT2D eigenvalue weighted by atomic mass is 16.2. The molecular formula is C12H25N3O2. The van der Waals surface area contributed by atoms with Gasteiger partial charge in [0.15, 0.2) is 0 Å². The average molecular weight is 243 g/mol. The Balaban J connectivity index is 2.03. The second kappa shape index (κ2) is 8.44. The third-order valence-corrected chi connectivity index (χ3v) is 2.93. The van der Waals surface area contributed by atoms with E-state index in [0.717, 1.165) is 38.6 Å². The van der Waals surface area contributed by atoms with Gasteiger partial charge >= 0.3 is 0 Å². The molecule has 5 nitrogen and oxygen atoms in total. The van der Waals surface area contributed by atoms with E-state index in [1.54, 1.807) is 0 Å². The summed E-state index contributed by atoms with van der Waals surface area (Å²) in [6, 6.07) is 0.494.